The van der Waals surface area contributed by atoms with Gasteiger partial charge in [-0.2, -0.15) is 0 Å². The molecule has 0 aliphatic carbocycles. The van der Waals surface area contributed by atoms with Crippen molar-refractivity contribution in [3.8, 4) is 0 Å². The second kappa shape index (κ2) is 8.01. The zero-order valence-electron chi connectivity index (χ0n) is 8.51. The van der Waals surface area contributed by atoms with Gasteiger partial charge in [0, 0.05) is 19.1 Å². The lowest BCUT2D eigenvalue weighted by Crippen LogP contribution is -2.34. The van der Waals surface area contributed by atoms with Crippen LogP contribution in [0.3, 0.4) is 0 Å². The maximum Gasteiger partial charge on any atom is 0.307 e. The molecule has 13 heavy (non-hydrogen) atoms. The summed E-state index contributed by atoms with van der Waals surface area (Å²) >= 11 is 0. The van der Waals surface area contributed by atoms with Crippen LogP contribution >= 0.6 is 0 Å². The van der Waals surface area contributed by atoms with Crippen molar-refractivity contribution in [2.24, 2.45) is 5.73 Å². The van der Waals surface area contributed by atoms with Crippen molar-refractivity contribution >= 4 is 5.97 Å². The van der Waals surface area contributed by atoms with Crippen molar-refractivity contribution in [1.82, 2.24) is 5.32 Å². The van der Waals surface area contributed by atoms with Crippen molar-refractivity contribution in [1.29, 1.82) is 0 Å². The standard InChI is InChI=1S/C9H20N2O2/c1-3-6-13-9(12)4-5-11-8(2)7-10/h8,11H,3-7,10H2,1-2H3. The minimum atomic E-state index is -0.140. The zero-order valence-corrected chi connectivity index (χ0v) is 8.51. The predicted molar refractivity (Wildman–Crippen MR) is 52.4 cm³/mol. The van der Waals surface area contributed by atoms with Gasteiger partial charge in [-0.05, 0) is 13.3 Å². The maximum atomic E-state index is 11.0. The molecule has 0 spiro atoms. The van der Waals surface area contributed by atoms with Crippen molar-refractivity contribution in [2.45, 2.75) is 32.7 Å². The van der Waals surface area contributed by atoms with Crippen LogP contribution in [0.15, 0.2) is 0 Å². The summed E-state index contributed by atoms with van der Waals surface area (Å²) in [5.74, 6) is -0.140. The van der Waals surface area contributed by atoms with Gasteiger partial charge in [0.05, 0.1) is 13.0 Å². The van der Waals surface area contributed by atoms with Crippen LogP contribution in [0.1, 0.15) is 26.7 Å². The van der Waals surface area contributed by atoms with Gasteiger partial charge in [-0.25, -0.2) is 0 Å². The van der Waals surface area contributed by atoms with E-state index in [-0.39, 0.29) is 12.0 Å². The van der Waals surface area contributed by atoms with Gasteiger partial charge in [0.2, 0.25) is 0 Å². The molecule has 0 amide bonds. The number of esters is 1. The van der Waals surface area contributed by atoms with Crippen molar-refractivity contribution in [3.05, 3.63) is 0 Å². The molecule has 0 rings (SSSR count). The molecule has 4 heteroatoms. The molecular weight excluding hydrogens is 168 g/mol. The Hall–Kier alpha value is -0.610. The maximum absolute atomic E-state index is 11.0. The Morgan fingerprint density at radius 3 is 2.85 bits per heavy atom. The molecular formula is C9H20N2O2. The molecule has 0 aromatic heterocycles. The fraction of sp³-hybridized carbons (Fsp3) is 0.889. The third-order valence-corrected chi connectivity index (χ3v) is 1.64. The molecule has 0 saturated carbocycles. The summed E-state index contributed by atoms with van der Waals surface area (Å²) in [6.07, 6.45) is 1.29. The number of nitrogens with one attached hydrogen (secondary N) is 1. The molecule has 0 saturated heterocycles. The SMILES string of the molecule is CCCOC(=O)CCNC(C)CN. The number of carbonyl (C=O) groups is 1. The van der Waals surface area contributed by atoms with E-state index >= 15 is 0 Å². The lowest BCUT2D eigenvalue weighted by Gasteiger charge is -2.10. The van der Waals surface area contributed by atoms with E-state index in [1.165, 1.54) is 0 Å². The third-order valence-electron chi connectivity index (χ3n) is 1.64. The fourth-order valence-electron chi connectivity index (χ4n) is 0.792. The van der Waals surface area contributed by atoms with E-state index in [9.17, 15) is 4.79 Å². The number of nitrogens with two attached hydrogens (primary N) is 1. The van der Waals surface area contributed by atoms with E-state index in [2.05, 4.69) is 5.32 Å². The number of hydrogen-bond donors (Lipinski definition) is 2. The van der Waals surface area contributed by atoms with Crippen molar-refractivity contribution < 1.29 is 9.53 Å². The third kappa shape index (κ3) is 7.74. The van der Waals surface area contributed by atoms with Crippen molar-refractivity contribution in [2.75, 3.05) is 19.7 Å². The summed E-state index contributed by atoms with van der Waals surface area (Å²) in [5, 5.41) is 3.11. The molecule has 0 fully saturated rings. The minimum Gasteiger partial charge on any atom is -0.466 e. The van der Waals surface area contributed by atoms with E-state index in [0.29, 0.717) is 26.1 Å². The molecule has 1 unspecified atom stereocenters. The van der Waals surface area contributed by atoms with Crippen LogP contribution in [0, 0.1) is 0 Å². The molecule has 78 valence electrons. The van der Waals surface area contributed by atoms with Gasteiger partial charge in [0.15, 0.2) is 0 Å². The van der Waals surface area contributed by atoms with Crippen LogP contribution in [-0.4, -0.2) is 31.7 Å². The van der Waals surface area contributed by atoms with Crippen LogP contribution < -0.4 is 11.1 Å². The van der Waals surface area contributed by atoms with E-state index in [4.69, 9.17) is 10.5 Å². The second-order valence-electron chi connectivity index (χ2n) is 3.06. The molecule has 0 aromatic rings. The Bertz CT molecular complexity index is 140. The lowest BCUT2D eigenvalue weighted by atomic mass is 10.3. The van der Waals surface area contributed by atoms with Gasteiger partial charge < -0.3 is 15.8 Å². The zero-order chi connectivity index (χ0) is 10.1. The number of carbonyl (C=O) groups excluding carboxylic acids is 1. The first-order valence-electron chi connectivity index (χ1n) is 4.79. The van der Waals surface area contributed by atoms with Crippen LogP contribution in [0.25, 0.3) is 0 Å². The topological polar surface area (TPSA) is 64.3 Å². The fourth-order valence-corrected chi connectivity index (χ4v) is 0.792. The molecule has 0 bridgehead atoms. The van der Waals surface area contributed by atoms with Gasteiger partial charge in [-0.1, -0.05) is 6.92 Å². The Morgan fingerprint density at radius 1 is 1.62 bits per heavy atom. The summed E-state index contributed by atoms with van der Waals surface area (Å²) in [6, 6.07) is 0.263. The van der Waals surface area contributed by atoms with Crippen LogP contribution in [0.5, 0.6) is 0 Å². The summed E-state index contributed by atoms with van der Waals surface area (Å²) in [5.41, 5.74) is 5.39. The highest BCUT2D eigenvalue weighted by molar-refractivity contribution is 5.69. The Labute approximate surface area is 79.8 Å². The Morgan fingerprint density at radius 2 is 2.31 bits per heavy atom. The van der Waals surface area contributed by atoms with Gasteiger partial charge in [-0.15, -0.1) is 0 Å². The first-order chi connectivity index (χ1) is 6.20. The average molecular weight is 188 g/mol. The predicted octanol–water partition coefficient (Wildman–Crippen LogP) is 0.267. The first-order valence-corrected chi connectivity index (χ1v) is 4.79. The molecule has 3 N–H and O–H groups in total. The van der Waals surface area contributed by atoms with Crippen LogP contribution in [0.4, 0.5) is 0 Å². The van der Waals surface area contributed by atoms with E-state index < -0.39 is 0 Å². The van der Waals surface area contributed by atoms with Gasteiger partial charge in [0.1, 0.15) is 0 Å². The minimum absolute atomic E-state index is 0.140. The highest BCUT2D eigenvalue weighted by atomic mass is 16.5. The lowest BCUT2D eigenvalue weighted by molar-refractivity contribution is -0.143. The number of rotatable bonds is 7. The molecule has 4 nitrogen and oxygen atoms in total. The highest BCUT2D eigenvalue weighted by Gasteiger charge is 2.02. The van der Waals surface area contributed by atoms with Gasteiger partial charge >= 0.3 is 5.97 Å². The summed E-state index contributed by atoms with van der Waals surface area (Å²) < 4.78 is 4.90. The highest BCUT2D eigenvalue weighted by Crippen LogP contribution is 1.88. The molecule has 0 aromatic carbocycles. The largest absolute Gasteiger partial charge is 0.466 e. The quantitative estimate of drug-likeness (QED) is 0.563. The van der Waals surface area contributed by atoms with Crippen LogP contribution in [-0.2, 0) is 9.53 Å². The van der Waals surface area contributed by atoms with Crippen molar-refractivity contribution in [3.63, 3.8) is 0 Å². The van der Waals surface area contributed by atoms with E-state index in [0.717, 1.165) is 6.42 Å². The summed E-state index contributed by atoms with van der Waals surface area (Å²) in [7, 11) is 0. The van der Waals surface area contributed by atoms with E-state index in [1.54, 1.807) is 0 Å². The first kappa shape index (κ1) is 12.4. The molecule has 0 aliphatic rings. The molecule has 1 atom stereocenters. The smallest absolute Gasteiger partial charge is 0.307 e. The second-order valence-corrected chi connectivity index (χ2v) is 3.06. The monoisotopic (exact) mass is 188 g/mol. The Balaban J connectivity index is 3.26. The summed E-state index contributed by atoms with van der Waals surface area (Å²) in [4.78, 5) is 11.0. The summed E-state index contributed by atoms with van der Waals surface area (Å²) in [6.45, 7) is 5.70. The molecule has 0 heterocycles. The Kier molecular flexibility index (Phi) is 7.63. The van der Waals surface area contributed by atoms with Gasteiger partial charge in [-0.3, -0.25) is 4.79 Å². The average Bonchev–Trinajstić information content (AvgIpc) is 2.14. The van der Waals surface area contributed by atoms with E-state index in [1.807, 2.05) is 13.8 Å². The normalized spacial score (nSPS) is 12.5. The number of hydrogen-bond acceptors (Lipinski definition) is 4. The number of ether oxygens (including phenoxy) is 1. The molecule has 0 radical (unpaired) electrons. The molecule has 0 aliphatic heterocycles. The van der Waals surface area contributed by atoms with Gasteiger partial charge in [0.25, 0.3) is 0 Å². The van der Waals surface area contributed by atoms with Crippen LogP contribution in [0.2, 0.25) is 0 Å².